The van der Waals surface area contributed by atoms with Gasteiger partial charge in [-0.2, -0.15) is 0 Å². The highest BCUT2D eigenvalue weighted by Crippen LogP contribution is 2.38. The van der Waals surface area contributed by atoms with E-state index >= 15 is 0 Å². The molecule has 0 bridgehead atoms. The quantitative estimate of drug-likeness (QED) is 0.682. The molecule has 2 heteroatoms. The second kappa shape index (κ2) is 3.13. The van der Waals surface area contributed by atoms with Crippen LogP contribution in [0.15, 0.2) is 30.3 Å². The van der Waals surface area contributed by atoms with Gasteiger partial charge in [0.2, 0.25) is 0 Å². The predicted molar refractivity (Wildman–Crippen MR) is 50.2 cm³/mol. The van der Waals surface area contributed by atoms with Crippen molar-refractivity contribution in [2.24, 2.45) is 0 Å². The molecule has 2 nitrogen and oxygen atoms in total. The second-order valence-corrected chi connectivity index (χ2v) is 3.70. The number of hydrogen-bond acceptors (Lipinski definition) is 2. The van der Waals surface area contributed by atoms with Gasteiger partial charge in [-0.1, -0.05) is 30.3 Å². The third-order valence-electron chi connectivity index (χ3n) is 2.86. The number of aliphatic hydroxyl groups excluding tert-OH is 1. The SMILES string of the molecule is OC1CCCC1(O)c1ccccc1. The molecule has 70 valence electrons. The summed E-state index contributed by atoms with van der Waals surface area (Å²) in [7, 11) is 0. The van der Waals surface area contributed by atoms with Crippen molar-refractivity contribution in [2.45, 2.75) is 31.0 Å². The lowest BCUT2D eigenvalue weighted by atomic mass is 9.90. The van der Waals surface area contributed by atoms with Crippen molar-refractivity contribution in [1.29, 1.82) is 0 Å². The van der Waals surface area contributed by atoms with Crippen molar-refractivity contribution in [3.63, 3.8) is 0 Å². The molecule has 1 saturated carbocycles. The van der Waals surface area contributed by atoms with Crippen LogP contribution < -0.4 is 0 Å². The maximum Gasteiger partial charge on any atom is 0.115 e. The molecule has 0 heterocycles. The summed E-state index contributed by atoms with van der Waals surface area (Å²) >= 11 is 0. The number of hydrogen-bond donors (Lipinski definition) is 2. The molecular weight excluding hydrogens is 164 g/mol. The van der Waals surface area contributed by atoms with Gasteiger partial charge in [-0.3, -0.25) is 0 Å². The van der Waals surface area contributed by atoms with Crippen LogP contribution in [0.5, 0.6) is 0 Å². The molecule has 0 spiro atoms. The van der Waals surface area contributed by atoms with Crippen molar-refractivity contribution < 1.29 is 10.2 Å². The van der Waals surface area contributed by atoms with Gasteiger partial charge < -0.3 is 10.2 Å². The average molecular weight is 178 g/mol. The first-order chi connectivity index (χ1) is 6.23. The van der Waals surface area contributed by atoms with Crippen molar-refractivity contribution >= 4 is 0 Å². The van der Waals surface area contributed by atoms with Crippen molar-refractivity contribution in [2.75, 3.05) is 0 Å². The first-order valence-electron chi connectivity index (χ1n) is 4.69. The van der Waals surface area contributed by atoms with Gasteiger partial charge in [0.25, 0.3) is 0 Å². The van der Waals surface area contributed by atoms with Crippen LogP contribution in [0.3, 0.4) is 0 Å². The Hall–Kier alpha value is -0.860. The Labute approximate surface area is 77.8 Å². The van der Waals surface area contributed by atoms with Gasteiger partial charge in [0.15, 0.2) is 0 Å². The van der Waals surface area contributed by atoms with E-state index < -0.39 is 11.7 Å². The highest BCUT2D eigenvalue weighted by molar-refractivity contribution is 5.24. The first-order valence-corrected chi connectivity index (χ1v) is 4.69. The first kappa shape index (κ1) is 8.73. The van der Waals surface area contributed by atoms with Crippen LogP contribution in [0.25, 0.3) is 0 Å². The average Bonchev–Trinajstić information content (AvgIpc) is 2.50. The summed E-state index contributed by atoms with van der Waals surface area (Å²) in [5, 5.41) is 19.8. The Morgan fingerprint density at radius 1 is 1.23 bits per heavy atom. The maximum atomic E-state index is 10.2. The van der Waals surface area contributed by atoms with Gasteiger partial charge >= 0.3 is 0 Å². The summed E-state index contributed by atoms with van der Waals surface area (Å²) in [4.78, 5) is 0. The van der Waals surface area contributed by atoms with E-state index in [0.29, 0.717) is 12.8 Å². The van der Waals surface area contributed by atoms with E-state index in [-0.39, 0.29) is 0 Å². The molecular formula is C11H14O2. The molecule has 2 atom stereocenters. The monoisotopic (exact) mass is 178 g/mol. The largest absolute Gasteiger partial charge is 0.390 e. The van der Waals surface area contributed by atoms with E-state index in [1.807, 2.05) is 30.3 Å². The minimum Gasteiger partial charge on any atom is -0.390 e. The molecule has 1 fully saturated rings. The van der Waals surface area contributed by atoms with Gasteiger partial charge in [0.1, 0.15) is 5.60 Å². The van der Waals surface area contributed by atoms with E-state index in [4.69, 9.17) is 0 Å². The van der Waals surface area contributed by atoms with Crippen molar-refractivity contribution in [3.05, 3.63) is 35.9 Å². The highest BCUT2D eigenvalue weighted by Gasteiger charge is 2.41. The molecule has 2 unspecified atom stereocenters. The summed E-state index contributed by atoms with van der Waals surface area (Å²) in [5.74, 6) is 0. The lowest BCUT2D eigenvalue weighted by molar-refractivity contribution is -0.0579. The molecule has 1 aromatic rings. The normalized spacial score (nSPS) is 33.5. The van der Waals surface area contributed by atoms with Gasteiger partial charge in [-0.25, -0.2) is 0 Å². The van der Waals surface area contributed by atoms with E-state index in [1.165, 1.54) is 0 Å². The summed E-state index contributed by atoms with van der Waals surface area (Å²) in [6.45, 7) is 0. The minimum atomic E-state index is -0.999. The number of rotatable bonds is 1. The molecule has 1 aliphatic rings. The summed E-state index contributed by atoms with van der Waals surface area (Å²) in [6.07, 6.45) is 1.66. The Balaban J connectivity index is 2.34. The molecule has 0 aliphatic heterocycles. The highest BCUT2D eigenvalue weighted by atomic mass is 16.3. The lowest BCUT2D eigenvalue weighted by Crippen LogP contribution is -2.34. The fourth-order valence-corrected chi connectivity index (χ4v) is 2.03. The van der Waals surface area contributed by atoms with E-state index in [9.17, 15) is 10.2 Å². The van der Waals surface area contributed by atoms with Crippen LogP contribution >= 0.6 is 0 Å². The van der Waals surface area contributed by atoms with Crippen LogP contribution in [-0.2, 0) is 5.60 Å². The van der Waals surface area contributed by atoms with Crippen LogP contribution in [0, 0.1) is 0 Å². The molecule has 13 heavy (non-hydrogen) atoms. The van der Waals surface area contributed by atoms with E-state index in [2.05, 4.69) is 0 Å². The Morgan fingerprint density at radius 2 is 1.92 bits per heavy atom. The zero-order valence-electron chi connectivity index (χ0n) is 7.48. The Bertz CT molecular complexity index is 283. The molecule has 0 aromatic heterocycles. The summed E-state index contributed by atoms with van der Waals surface area (Å²) in [6, 6.07) is 9.42. The standard InChI is InChI=1S/C11H14O2/c12-10-7-4-8-11(10,13)9-5-2-1-3-6-9/h1-3,5-6,10,12-13H,4,7-8H2. The number of aliphatic hydroxyl groups is 2. The van der Waals surface area contributed by atoms with E-state index in [0.717, 1.165) is 12.0 Å². The smallest absolute Gasteiger partial charge is 0.115 e. The topological polar surface area (TPSA) is 40.5 Å². The number of benzene rings is 1. The third kappa shape index (κ3) is 1.36. The molecule has 0 saturated heterocycles. The molecule has 2 N–H and O–H groups in total. The zero-order chi connectivity index (χ0) is 9.31. The Morgan fingerprint density at radius 3 is 2.46 bits per heavy atom. The van der Waals surface area contributed by atoms with Crippen LogP contribution in [-0.4, -0.2) is 16.3 Å². The van der Waals surface area contributed by atoms with Crippen molar-refractivity contribution in [3.8, 4) is 0 Å². The van der Waals surface area contributed by atoms with Gasteiger partial charge in [0.05, 0.1) is 6.10 Å². The summed E-state index contributed by atoms with van der Waals surface area (Å²) < 4.78 is 0. The zero-order valence-corrected chi connectivity index (χ0v) is 7.48. The predicted octanol–water partition coefficient (Wildman–Crippen LogP) is 1.42. The van der Waals surface area contributed by atoms with Gasteiger partial charge in [0, 0.05) is 0 Å². The van der Waals surface area contributed by atoms with E-state index in [1.54, 1.807) is 0 Å². The minimum absolute atomic E-state index is 0.602. The lowest BCUT2D eigenvalue weighted by Gasteiger charge is -2.26. The fourth-order valence-electron chi connectivity index (χ4n) is 2.03. The van der Waals surface area contributed by atoms with Gasteiger partial charge in [-0.15, -0.1) is 0 Å². The molecule has 1 aliphatic carbocycles. The fraction of sp³-hybridized carbons (Fsp3) is 0.455. The second-order valence-electron chi connectivity index (χ2n) is 3.70. The van der Waals surface area contributed by atoms with Crippen LogP contribution in [0.4, 0.5) is 0 Å². The molecule has 2 rings (SSSR count). The summed E-state index contributed by atoms with van der Waals surface area (Å²) in [5.41, 5.74) is -0.165. The van der Waals surface area contributed by atoms with Crippen LogP contribution in [0.2, 0.25) is 0 Å². The third-order valence-corrected chi connectivity index (χ3v) is 2.86. The molecule has 0 radical (unpaired) electrons. The maximum absolute atomic E-state index is 10.2. The molecule has 0 amide bonds. The Kier molecular flexibility index (Phi) is 2.10. The van der Waals surface area contributed by atoms with Gasteiger partial charge in [-0.05, 0) is 24.8 Å². The molecule has 1 aromatic carbocycles. The van der Waals surface area contributed by atoms with Crippen molar-refractivity contribution in [1.82, 2.24) is 0 Å². The van der Waals surface area contributed by atoms with Crippen LogP contribution in [0.1, 0.15) is 24.8 Å².